The minimum Gasteiger partial charge on any atom is -0.273 e. The number of carbonyl (C=O) groups is 1. The number of nitro benzene ring substituents is 2. The van der Waals surface area contributed by atoms with Crippen LogP contribution in [-0.4, -0.2) is 21.5 Å². The summed E-state index contributed by atoms with van der Waals surface area (Å²) in [5.74, 6) is -0.147. The lowest BCUT2D eigenvalue weighted by molar-refractivity contribution is -0.395. The number of rotatable bonds is 6. The van der Waals surface area contributed by atoms with Gasteiger partial charge in [-0.3, -0.25) is 25.0 Å². The molecule has 0 fully saturated rings. The van der Waals surface area contributed by atoms with Crippen LogP contribution < -0.4 is 5.43 Å². The van der Waals surface area contributed by atoms with Crippen molar-refractivity contribution in [2.24, 2.45) is 21.2 Å². The van der Waals surface area contributed by atoms with Gasteiger partial charge in [0.25, 0.3) is 11.4 Å². The SMILES string of the molecule is CC1CC(=O)NN=C1c1ccc(N=NCc2c([N+](=O)[O-])cccc2[N+](=O)[O-])cc1. The van der Waals surface area contributed by atoms with Crippen LogP contribution in [0.15, 0.2) is 57.8 Å². The molecule has 1 unspecified atom stereocenters. The van der Waals surface area contributed by atoms with Crippen LogP contribution in [0.5, 0.6) is 0 Å². The van der Waals surface area contributed by atoms with Gasteiger partial charge in [-0.2, -0.15) is 15.3 Å². The highest BCUT2D eigenvalue weighted by atomic mass is 16.6. The lowest BCUT2D eigenvalue weighted by atomic mass is 9.94. The first-order valence-corrected chi connectivity index (χ1v) is 8.62. The summed E-state index contributed by atoms with van der Waals surface area (Å²) in [7, 11) is 0. The van der Waals surface area contributed by atoms with Gasteiger partial charge in [0.05, 0.1) is 27.8 Å². The molecule has 11 nitrogen and oxygen atoms in total. The number of carbonyl (C=O) groups excluding carboxylic acids is 1. The maximum Gasteiger partial charge on any atom is 0.281 e. The monoisotopic (exact) mass is 396 g/mol. The molecule has 1 N–H and O–H groups in total. The molecule has 0 saturated heterocycles. The number of azo groups is 1. The van der Waals surface area contributed by atoms with E-state index < -0.39 is 9.85 Å². The number of nitrogens with one attached hydrogen (secondary N) is 1. The van der Waals surface area contributed by atoms with Crippen molar-refractivity contribution >= 4 is 28.7 Å². The summed E-state index contributed by atoms with van der Waals surface area (Å²) in [4.78, 5) is 32.3. The molecule has 29 heavy (non-hydrogen) atoms. The molecule has 3 rings (SSSR count). The lowest BCUT2D eigenvalue weighted by Crippen LogP contribution is -2.31. The summed E-state index contributed by atoms with van der Waals surface area (Å²) in [6.45, 7) is 1.61. The first-order chi connectivity index (χ1) is 13.9. The van der Waals surface area contributed by atoms with Gasteiger partial charge in [0.15, 0.2) is 0 Å². The number of hydrazone groups is 1. The Morgan fingerprint density at radius 1 is 1.10 bits per heavy atom. The molecule has 0 radical (unpaired) electrons. The number of amides is 1. The third-order valence-electron chi connectivity index (χ3n) is 4.36. The van der Waals surface area contributed by atoms with E-state index in [1.807, 2.05) is 6.92 Å². The fraction of sp³-hybridized carbons (Fsp3) is 0.222. The van der Waals surface area contributed by atoms with Crippen molar-refractivity contribution in [2.45, 2.75) is 19.9 Å². The van der Waals surface area contributed by atoms with Crippen LogP contribution in [0.4, 0.5) is 17.1 Å². The van der Waals surface area contributed by atoms with E-state index in [0.29, 0.717) is 12.1 Å². The van der Waals surface area contributed by atoms with Crippen molar-refractivity contribution in [1.82, 2.24) is 5.43 Å². The van der Waals surface area contributed by atoms with Crippen molar-refractivity contribution in [3.63, 3.8) is 0 Å². The summed E-state index contributed by atoms with van der Waals surface area (Å²) in [6.07, 6.45) is 0.356. The molecule has 1 heterocycles. The second-order valence-corrected chi connectivity index (χ2v) is 6.37. The van der Waals surface area contributed by atoms with Crippen molar-refractivity contribution in [3.8, 4) is 0 Å². The molecule has 0 aromatic heterocycles. The van der Waals surface area contributed by atoms with Gasteiger partial charge in [0.1, 0.15) is 5.56 Å². The molecule has 1 amide bonds. The standard InChI is InChI=1S/C18H16N6O5/c1-11-9-17(25)21-22-18(11)12-5-7-13(8-6-12)20-19-10-14-15(23(26)27)3-2-4-16(14)24(28)29/h2-8,11H,9-10H2,1H3,(H,21,25). The van der Waals surface area contributed by atoms with Gasteiger partial charge >= 0.3 is 0 Å². The Hall–Kier alpha value is -4.02. The minimum absolute atomic E-state index is 0.0181. The molecule has 2 aromatic carbocycles. The number of hydrogen-bond donors (Lipinski definition) is 1. The molecule has 2 aromatic rings. The van der Waals surface area contributed by atoms with Crippen molar-refractivity contribution < 1.29 is 14.6 Å². The van der Waals surface area contributed by atoms with E-state index in [-0.39, 0.29) is 35.3 Å². The number of nitro groups is 2. The van der Waals surface area contributed by atoms with Gasteiger partial charge in [0, 0.05) is 24.5 Å². The Labute approximate surface area is 164 Å². The normalized spacial score (nSPS) is 16.4. The van der Waals surface area contributed by atoms with Gasteiger partial charge in [-0.1, -0.05) is 19.1 Å². The van der Waals surface area contributed by atoms with Crippen LogP contribution >= 0.6 is 0 Å². The number of benzene rings is 2. The summed E-state index contributed by atoms with van der Waals surface area (Å²) in [5, 5.41) is 34.2. The van der Waals surface area contributed by atoms with E-state index in [9.17, 15) is 25.0 Å². The van der Waals surface area contributed by atoms with Gasteiger partial charge in [-0.25, -0.2) is 5.43 Å². The van der Waals surface area contributed by atoms with Crippen LogP contribution in [0.2, 0.25) is 0 Å². The Morgan fingerprint density at radius 2 is 1.72 bits per heavy atom. The highest BCUT2D eigenvalue weighted by molar-refractivity contribution is 6.05. The zero-order valence-corrected chi connectivity index (χ0v) is 15.3. The van der Waals surface area contributed by atoms with E-state index in [1.54, 1.807) is 24.3 Å². The first kappa shape index (κ1) is 19.7. The van der Waals surface area contributed by atoms with Gasteiger partial charge in [0.2, 0.25) is 5.91 Å². The van der Waals surface area contributed by atoms with Gasteiger partial charge in [-0.15, -0.1) is 0 Å². The maximum absolute atomic E-state index is 11.3. The summed E-state index contributed by atoms with van der Waals surface area (Å²) < 4.78 is 0. The van der Waals surface area contributed by atoms with Crippen LogP contribution in [-0.2, 0) is 11.3 Å². The van der Waals surface area contributed by atoms with E-state index in [0.717, 1.165) is 11.3 Å². The Balaban J connectivity index is 1.78. The van der Waals surface area contributed by atoms with Crippen molar-refractivity contribution in [3.05, 3.63) is 73.8 Å². The van der Waals surface area contributed by atoms with Crippen LogP contribution in [0.25, 0.3) is 0 Å². The van der Waals surface area contributed by atoms with Gasteiger partial charge in [-0.05, 0) is 23.8 Å². The number of hydrogen-bond acceptors (Lipinski definition) is 8. The first-order valence-electron chi connectivity index (χ1n) is 8.62. The highest BCUT2D eigenvalue weighted by Gasteiger charge is 2.24. The molecule has 11 heteroatoms. The Kier molecular flexibility index (Phi) is 5.67. The van der Waals surface area contributed by atoms with Crippen LogP contribution in [0.1, 0.15) is 24.5 Å². The molecule has 0 saturated carbocycles. The molecule has 0 aliphatic carbocycles. The molecule has 1 aliphatic heterocycles. The van der Waals surface area contributed by atoms with E-state index in [2.05, 4.69) is 20.8 Å². The van der Waals surface area contributed by atoms with Crippen molar-refractivity contribution in [1.29, 1.82) is 0 Å². The fourth-order valence-electron chi connectivity index (χ4n) is 2.96. The summed E-state index contributed by atoms with van der Waals surface area (Å²) in [5.41, 5.74) is 3.65. The molecule has 1 atom stereocenters. The third-order valence-corrected chi connectivity index (χ3v) is 4.36. The average Bonchev–Trinajstić information content (AvgIpc) is 2.68. The average molecular weight is 396 g/mol. The van der Waals surface area contributed by atoms with E-state index in [4.69, 9.17) is 0 Å². The fourth-order valence-corrected chi connectivity index (χ4v) is 2.96. The van der Waals surface area contributed by atoms with E-state index in [1.165, 1.54) is 18.2 Å². The van der Waals surface area contributed by atoms with Gasteiger partial charge < -0.3 is 0 Å². The summed E-state index contributed by atoms with van der Waals surface area (Å²) >= 11 is 0. The smallest absolute Gasteiger partial charge is 0.273 e. The topological polar surface area (TPSA) is 152 Å². The second-order valence-electron chi connectivity index (χ2n) is 6.37. The molecule has 1 aliphatic rings. The lowest BCUT2D eigenvalue weighted by Gasteiger charge is -2.19. The predicted molar refractivity (Wildman–Crippen MR) is 103 cm³/mol. The van der Waals surface area contributed by atoms with Crippen molar-refractivity contribution in [2.75, 3.05) is 0 Å². The molecular weight excluding hydrogens is 380 g/mol. The zero-order chi connectivity index (χ0) is 21.0. The number of nitrogens with zero attached hydrogens (tertiary/aromatic N) is 5. The Bertz CT molecular complexity index is 999. The van der Waals surface area contributed by atoms with Crippen LogP contribution in [0, 0.1) is 26.1 Å². The quantitative estimate of drug-likeness (QED) is 0.449. The van der Waals surface area contributed by atoms with Crippen LogP contribution in [0.3, 0.4) is 0 Å². The highest BCUT2D eigenvalue weighted by Crippen LogP contribution is 2.29. The Morgan fingerprint density at radius 3 is 2.28 bits per heavy atom. The zero-order valence-electron chi connectivity index (χ0n) is 15.3. The predicted octanol–water partition coefficient (Wildman–Crippen LogP) is 3.65. The maximum atomic E-state index is 11.3. The molecule has 148 valence electrons. The molecule has 0 bridgehead atoms. The molecule has 0 spiro atoms. The molecular formula is C18H16N6O5. The third kappa shape index (κ3) is 4.46. The van der Waals surface area contributed by atoms with E-state index >= 15 is 0 Å². The largest absolute Gasteiger partial charge is 0.281 e. The second kappa shape index (κ2) is 8.33. The minimum atomic E-state index is -0.683. The summed E-state index contributed by atoms with van der Waals surface area (Å²) in [6, 6.07) is 10.5.